The quantitative estimate of drug-likeness (QED) is 0.646. The van der Waals surface area contributed by atoms with Crippen LogP contribution < -0.4 is 9.47 Å². The number of methoxy groups -OCH3 is 2. The number of hydrogen-bond donors (Lipinski definition) is 1. The van der Waals surface area contributed by atoms with Crippen LogP contribution in [0.3, 0.4) is 0 Å². The van der Waals surface area contributed by atoms with E-state index >= 15 is 0 Å². The van der Waals surface area contributed by atoms with E-state index in [4.69, 9.17) is 9.47 Å². The van der Waals surface area contributed by atoms with Gasteiger partial charge < -0.3 is 14.6 Å². The smallest absolute Gasteiger partial charge is 0.160 e. The first-order valence-corrected chi connectivity index (χ1v) is 8.83. The highest BCUT2D eigenvalue weighted by Crippen LogP contribution is 2.31. The molecule has 0 amide bonds. The fourth-order valence-corrected chi connectivity index (χ4v) is 3.36. The Morgan fingerprint density at radius 3 is 2.56 bits per heavy atom. The molecule has 25 heavy (non-hydrogen) atoms. The molecular weight excluding hydrogens is 332 g/mol. The largest absolute Gasteiger partial charge is 0.504 e. The molecule has 2 aromatic carbocycles. The lowest BCUT2D eigenvalue weighted by Gasteiger charge is -2.07. The van der Waals surface area contributed by atoms with Crippen LogP contribution in [-0.4, -0.2) is 19.3 Å². The van der Waals surface area contributed by atoms with Gasteiger partial charge in [0.1, 0.15) is 5.75 Å². The maximum absolute atomic E-state index is 9.67. The number of thiophene rings is 1. The van der Waals surface area contributed by atoms with Gasteiger partial charge in [-0.2, -0.15) is 0 Å². The number of benzene rings is 2. The first-order chi connectivity index (χ1) is 12.2. The second kappa shape index (κ2) is 7.90. The first kappa shape index (κ1) is 17.1. The van der Waals surface area contributed by atoms with Crippen LogP contribution in [0.2, 0.25) is 0 Å². The summed E-state index contributed by atoms with van der Waals surface area (Å²) in [7, 11) is 3.23. The number of phenols is 1. The standard InChI is InChI=1S/C21H20O3S/c1-23-19-11-9-17(21-7-4-12-25-21)14-16(19)6-3-5-15-8-10-18(22)20(13-15)24-2/h3-4,6-14,22H,5H2,1-2H3. The van der Waals surface area contributed by atoms with Gasteiger partial charge in [0.25, 0.3) is 0 Å². The van der Waals surface area contributed by atoms with E-state index in [1.165, 1.54) is 10.4 Å². The molecule has 0 aliphatic heterocycles. The van der Waals surface area contributed by atoms with Gasteiger partial charge >= 0.3 is 0 Å². The molecule has 0 saturated carbocycles. The lowest BCUT2D eigenvalue weighted by atomic mass is 10.1. The molecule has 4 heteroatoms. The van der Waals surface area contributed by atoms with Crippen molar-refractivity contribution in [1.29, 1.82) is 0 Å². The van der Waals surface area contributed by atoms with Crippen molar-refractivity contribution in [2.45, 2.75) is 6.42 Å². The number of hydrogen-bond acceptors (Lipinski definition) is 4. The van der Waals surface area contributed by atoms with Gasteiger partial charge in [-0.3, -0.25) is 0 Å². The molecule has 1 heterocycles. The molecule has 0 saturated heterocycles. The summed E-state index contributed by atoms with van der Waals surface area (Å²) in [6.07, 6.45) is 4.89. The Morgan fingerprint density at radius 2 is 1.84 bits per heavy atom. The van der Waals surface area contributed by atoms with Crippen LogP contribution in [0, 0.1) is 0 Å². The number of phenolic OH excluding ortho intramolecular Hbond substituents is 1. The van der Waals surface area contributed by atoms with Crippen LogP contribution in [0.15, 0.2) is 60.0 Å². The van der Waals surface area contributed by atoms with E-state index in [0.717, 1.165) is 23.3 Å². The second-order valence-corrected chi connectivity index (χ2v) is 6.49. The van der Waals surface area contributed by atoms with Gasteiger partial charge in [-0.15, -0.1) is 11.3 Å². The van der Waals surface area contributed by atoms with E-state index in [0.29, 0.717) is 5.75 Å². The van der Waals surface area contributed by atoms with Crippen molar-refractivity contribution in [2.75, 3.05) is 14.2 Å². The fraction of sp³-hybridized carbons (Fsp3) is 0.143. The van der Waals surface area contributed by atoms with Crippen LogP contribution in [0.4, 0.5) is 0 Å². The van der Waals surface area contributed by atoms with E-state index in [1.54, 1.807) is 31.6 Å². The Hall–Kier alpha value is -2.72. The summed E-state index contributed by atoms with van der Waals surface area (Å²) in [6, 6.07) is 15.8. The zero-order chi connectivity index (χ0) is 17.6. The lowest BCUT2D eigenvalue weighted by Crippen LogP contribution is -1.89. The molecule has 3 aromatic rings. The molecule has 0 aliphatic rings. The number of rotatable bonds is 6. The average molecular weight is 352 g/mol. The van der Waals surface area contributed by atoms with Gasteiger partial charge in [0.15, 0.2) is 11.5 Å². The topological polar surface area (TPSA) is 38.7 Å². The molecule has 0 bridgehead atoms. The zero-order valence-corrected chi connectivity index (χ0v) is 15.0. The van der Waals surface area contributed by atoms with Gasteiger partial charge in [-0.25, -0.2) is 0 Å². The summed E-state index contributed by atoms with van der Waals surface area (Å²) >= 11 is 1.72. The Bertz CT molecular complexity index is 867. The van der Waals surface area contributed by atoms with Crippen molar-refractivity contribution >= 4 is 17.4 Å². The van der Waals surface area contributed by atoms with E-state index in [9.17, 15) is 5.11 Å². The van der Waals surface area contributed by atoms with Crippen molar-refractivity contribution in [3.05, 3.63) is 71.1 Å². The third-order valence-corrected chi connectivity index (χ3v) is 4.85. The zero-order valence-electron chi connectivity index (χ0n) is 14.2. The summed E-state index contributed by atoms with van der Waals surface area (Å²) in [5.74, 6) is 1.49. The molecule has 1 aromatic heterocycles. The normalized spacial score (nSPS) is 11.0. The predicted octanol–water partition coefficient (Wildman–Crippen LogP) is 5.39. The average Bonchev–Trinajstić information content (AvgIpc) is 3.17. The number of aromatic hydroxyl groups is 1. The van der Waals surface area contributed by atoms with Crippen LogP contribution in [0.1, 0.15) is 11.1 Å². The Kier molecular flexibility index (Phi) is 5.41. The Balaban J connectivity index is 1.81. The minimum atomic E-state index is 0.153. The van der Waals surface area contributed by atoms with Crippen LogP contribution in [0.5, 0.6) is 17.2 Å². The molecule has 128 valence electrons. The Morgan fingerprint density at radius 1 is 1.00 bits per heavy atom. The molecule has 0 fully saturated rings. The highest BCUT2D eigenvalue weighted by Gasteiger charge is 2.05. The van der Waals surface area contributed by atoms with Gasteiger partial charge in [0, 0.05) is 10.4 Å². The molecule has 0 spiro atoms. The molecule has 0 aliphatic carbocycles. The maximum atomic E-state index is 9.67. The highest BCUT2D eigenvalue weighted by atomic mass is 32.1. The number of allylic oxidation sites excluding steroid dienone is 1. The molecule has 0 radical (unpaired) electrons. The molecule has 0 atom stereocenters. The third kappa shape index (κ3) is 4.03. The van der Waals surface area contributed by atoms with E-state index < -0.39 is 0 Å². The van der Waals surface area contributed by atoms with Gasteiger partial charge in [0.05, 0.1) is 14.2 Å². The van der Waals surface area contributed by atoms with E-state index in [1.807, 2.05) is 18.2 Å². The molecule has 3 rings (SSSR count). The van der Waals surface area contributed by atoms with Crippen molar-refractivity contribution in [3.8, 4) is 27.7 Å². The highest BCUT2D eigenvalue weighted by molar-refractivity contribution is 7.13. The number of ether oxygens (including phenoxy) is 2. The predicted molar refractivity (Wildman–Crippen MR) is 104 cm³/mol. The minimum Gasteiger partial charge on any atom is -0.504 e. The van der Waals surface area contributed by atoms with Crippen LogP contribution in [-0.2, 0) is 6.42 Å². The maximum Gasteiger partial charge on any atom is 0.160 e. The molecule has 0 unspecified atom stereocenters. The Labute approximate surface area is 151 Å². The molecular formula is C21H20O3S. The van der Waals surface area contributed by atoms with Crippen molar-refractivity contribution in [3.63, 3.8) is 0 Å². The fourth-order valence-electron chi connectivity index (χ4n) is 2.63. The summed E-state index contributed by atoms with van der Waals surface area (Å²) in [4.78, 5) is 1.24. The monoisotopic (exact) mass is 352 g/mol. The van der Waals surface area contributed by atoms with E-state index in [-0.39, 0.29) is 5.75 Å². The first-order valence-electron chi connectivity index (χ1n) is 7.95. The third-order valence-electron chi connectivity index (χ3n) is 3.93. The van der Waals surface area contributed by atoms with Crippen molar-refractivity contribution in [2.24, 2.45) is 0 Å². The summed E-state index contributed by atoms with van der Waals surface area (Å²) < 4.78 is 10.6. The van der Waals surface area contributed by atoms with E-state index in [2.05, 4.69) is 41.8 Å². The van der Waals surface area contributed by atoms with Crippen LogP contribution in [0.25, 0.3) is 16.5 Å². The van der Waals surface area contributed by atoms with Gasteiger partial charge in [-0.05, 0) is 59.3 Å². The minimum absolute atomic E-state index is 0.153. The van der Waals surface area contributed by atoms with Crippen molar-refractivity contribution in [1.82, 2.24) is 0 Å². The second-order valence-electron chi connectivity index (χ2n) is 5.55. The molecule has 1 N–H and O–H groups in total. The summed E-state index contributed by atoms with van der Waals surface area (Å²) in [5, 5.41) is 11.7. The van der Waals surface area contributed by atoms with Gasteiger partial charge in [0.2, 0.25) is 0 Å². The van der Waals surface area contributed by atoms with Gasteiger partial charge in [-0.1, -0.05) is 24.3 Å². The molecule has 3 nitrogen and oxygen atoms in total. The SMILES string of the molecule is COc1cc(CC=Cc2cc(-c3cccs3)ccc2OC)ccc1O. The summed E-state index contributed by atoms with van der Waals surface area (Å²) in [6.45, 7) is 0. The van der Waals surface area contributed by atoms with Crippen LogP contribution >= 0.6 is 11.3 Å². The van der Waals surface area contributed by atoms with Crippen molar-refractivity contribution < 1.29 is 14.6 Å². The lowest BCUT2D eigenvalue weighted by molar-refractivity contribution is 0.373. The summed E-state index contributed by atoms with van der Waals surface area (Å²) in [5.41, 5.74) is 3.29.